The van der Waals surface area contributed by atoms with Gasteiger partial charge in [0.1, 0.15) is 5.82 Å². The molecule has 1 aliphatic heterocycles. The van der Waals surface area contributed by atoms with Crippen LogP contribution in [0.4, 0.5) is 0 Å². The molecule has 3 rings (SSSR count). The summed E-state index contributed by atoms with van der Waals surface area (Å²) in [6.45, 7) is 5.61. The normalized spacial score (nSPS) is 24.6. The maximum Gasteiger partial charge on any atom is 0.124 e. The molecule has 3 nitrogen and oxygen atoms in total. The lowest BCUT2D eigenvalue weighted by Gasteiger charge is -2.26. The summed E-state index contributed by atoms with van der Waals surface area (Å²) in [6, 6.07) is 6.91. The minimum atomic E-state index is 0.395. The van der Waals surface area contributed by atoms with Crippen LogP contribution in [0.1, 0.15) is 44.1 Å². The molecule has 2 unspecified atom stereocenters. The molecule has 96 valence electrons. The fraction of sp³-hybridized carbons (Fsp3) is 0.533. The Kier molecular flexibility index (Phi) is 3.08. The van der Waals surface area contributed by atoms with E-state index in [1.807, 2.05) is 0 Å². The summed E-state index contributed by atoms with van der Waals surface area (Å²) in [5.41, 5.74) is 3.62. The molecular weight excluding hydrogens is 222 g/mol. The molecule has 0 spiro atoms. The van der Waals surface area contributed by atoms with Crippen LogP contribution in [0.25, 0.3) is 11.0 Å². The zero-order chi connectivity index (χ0) is 12.5. The first-order chi connectivity index (χ1) is 8.76. The number of hydrogen-bond donors (Lipinski definition) is 2. The summed E-state index contributed by atoms with van der Waals surface area (Å²) >= 11 is 0. The molecule has 0 radical (unpaired) electrons. The van der Waals surface area contributed by atoms with Crippen molar-refractivity contribution in [3.05, 3.63) is 29.6 Å². The minimum Gasteiger partial charge on any atom is -0.341 e. The van der Waals surface area contributed by atoms with Crippen LogP contribution in [0, 0.1) is 5.92 Å². The predicted molar refractivity (Wildman–Crippen MR) is 74.6 cm³/mol. The van der Waals surface area contributed by atoms with Crippen LogP contribution in [-0.4, -0.2) is 16.5 Å². The van der Waals surface area contributed by atoms with Gasteiger partial charge in [-0.1, -0.05) is 19.9 Å². The first-order valence-electron chi connectivity index (χ1n) is 6.98. The highest BCUT2D eigenvalue weighted by Crippen LogP contribution is 2.26. The Morgan fingerprint density at radius 1 is 1.39 bits per heavy atom. The molecule has 18 heavy (non-hydrogen) atoms. The fourth-order valence-electron chi connectivity index (χ4n) is 2.78. The Balaban J connectivity index is 1.92. The molecule has 1 fully saturated rings. The molecule has 2 aromatic rings. The number of benzene rings is 1. The van der Waals surface area contributed by atoms with E-state index in [9.17, 15) is 0 Å². The van der Waals surface area contributed by atoms with Crippen molar-refractivity contribution >= 4 is 11.0 Å². The van der Waals surface area contributed by atoms with Gasteiger partial charge in [0.2, 0.25) is 0 Å². The fourth-order valence-corrected chi connectivity index (χ4v) is 2.78. The van der Waals surface area contributed by atoms with Gasteiger partial charge in [0.25, 0.3) is 0 Å². The maximum atomic E-state index is 4.73. The van der Waals surface area contributed by atoms with Gasteiger partial charge in [0, 0.05) is 0 Å². The standard InChI is InChI=1S/C15H21N3/c1-3-11-4-5-12-13(9-11)18-15(17-12)14-8-10(2)6-7-16-14/h4-5,9-10,14,16H,3,6-8H2,1-2H3,(H,17,18). The van der Waals surface area contributed by atoms with Crippen LogP contribution >= 0.6 is 0 Å². The molecule has 0 aliphatic carbocycles. The van der Waals surface area contributed by atoms with Crippen LogP contribution < -0.4 is 5.32 Å². The van der Waals surface area contributed by atoms with Crippen LogP contribution in [0.15, 0.2) is 18.2 Å². The Morgan fingerprint density at radius 2 is 2.28 bits per heavy atom. The third-order valence-corrected chi connectivity index (χ3v) is 3.97. The van der Waals surface area contributed by atoms with E-state index in [4.69, 9.17) is 4.98 Å². The molecule has 3 heteroatoms. The van der Waals surface area contributed by atoms with Gasteiger partial charge >= 0.3 is 0 Å². The number of fused-ring (bicyclic) bond motifs is 1. The molecule has 2 atom stereocenters. The van der Waals surface area contributed by atoms with E-state index < -0.39 is 0 Å². The number of hydrogen-bond acceptors (Lipinski definition) is 2. The number of aromatic nitrogens is 2. The van der Waals surface area contributed by atoms with Gasteiger partial charge < -0.3 is 10.3 Å². The molecule has 2 heterocycles. The van der Waals surface area contributed by atoms with Crippen molar-refractivity contribution in [3.63, 3.8) is 0 Å². The van der Waals surface area contributed by atoms with Gasteiger partial charge in [0.15, 0.2) is 0 Å². The number of nitrogens with zero attached hydrogens (tertiary/aromatic N) is 1. The van der Waals surface area contributed by atoms with E-state index in [-0.39, 0.29) is 0 Å². The number of rotatable bonds is 2. The Hall–Kier alpha value is -1.35. The van der Waals surface area contributed by atoms with Crippen molar-refractivity contribution in [1.29, 1.82) is 0 Å². The van der Waals surface area contributed by atoms with Gasteiger partial charge in [-0.2, -0.15) is 0 Å². The van der Waals surface area contributed by atoms with Crippen molar-refractivity contribution in [1.82, 2.24) is 15.3 Å². The van der Waals surface area contributed by atoms with Crippen molar-refractivity contribution in [3.8, 4) is 0 Å². The van der Waals surface area contributed by atoms with Crippen LogP contribution in [0.5, 0.6) is 0 Å². The van der Waals surface area contributed by atoms with E-state index in [1.54, 1.807) is 0 Å². The number of aryl methyl sites for hydroxylation is 1. The minimum absolute atomic E-state index is 0.395. The second-order valence-electron chi connectivity index (χ2n) is 5.46. The highest BCUT2D eigenvalue weighted by atomic mass is 15.0. The first-order valence-corrected chi connectivity index (χ1v) is 6.98. The van der Waals surface area contributed by atoms with E-state index in [2.05, 4.69) is 42.3 Å². The van der Waals surface area contributed by atoms with Gasteiger partial charge in [-0.05, 0) is 49.4 Å². The van der Waals surface area contributed by atoms with Gasteiger partial charge in [-0.15, -0.1) is 0 Å². The van der Waals surface area contributed by atoms with Crippen molar-refractivity contribution < 1.29 is 0 Å². The average molecular weight is 243 g/mol. The number of piperidine rings is 1. The molecular formula is C15H21N3. The zero-order valence-electron chi connectivity index (χ0n) is 11.2. The average Bonchev–Trinajstić information content (AvgIpc) is 2.81. The van der Waals surface area contributed by atoms with E-state index in [1.165, 1.54) is 23.9 Å². The van der Waals surface area contributed by atoms with E-state index in [0.29, 0.717) is 6.04 Å². The summed E-state index contributed by atoms with van der Waals surface area (Å²) in [5, 5.41) is 3.56. The Bertz CT molecular complexity index is 544. The number of nitrogens with one attached hydrogen (secondary N) is 2. The van der Waals surface area contributed by atoms with Crippen molar-refractivity contribution in [2.24, 2.45) is 5.92 Å². The maximum absolute atomic E-state index is 4.73. The second-order valence-corrected chi connectivity index (χ2v) is 5.46. The largest absolute Gasteiger partial charge is 0.341 e. The summed E-state index contributed by atoms with van der Waals surface area (Å²) in [7, 11) is 0. The van der Waals surface area contributed by atoms with Crippen LogP contribution in [0.2, 0.25) is 0 Å². The lowest BCUT2D eigenvalue weighted by atomic mass is 9.94. The van der Waals surface area contributed by atoms with E-state index >= 15 is 0 Å². The zero-order valence-corrected chi connectivity index (χ0v) is 11.2. The van der Waals surface area contributed by atoms with Crippen LogP contribution in [-0.2, 0) is 6.42 Å². The summed E-state index contributed by atoms with van der Waals surface area (Å²) in [6.07, 6.45) is 3.53. The molecule has 1 aromatic carbocycles. The van der Waals surface area contributed by atoms with E-state index in [0.717, 1.165) is 30.2 Å². The SMILES string of the molecule is CCc1ccc2nc(C3CC(C)CCN3)[nH]c2c1. The predicted octanol–water partition coefficient (Wildman–Crippen LogP) is 3.19. The summed E-state index contributed by atoms with van der Waals surface area (Å²) < 4.78 is 0. The Labute approximate surface area is 108 Å². The smallest absolute Gasteiger partial charge is 0.124 e. The van der Waals surface area contributed by atoms with Gasteiger partial charge in [-0.3, -0.25) is 0 Å². The number of imidazole rings is 1. The van der Waals surface area contributed by atoms with Crippen molar-refractivity contribution in [2.45, 2.75) is 39.2 Å². The number of H-pyrrole nitrogens is 1. The monoisotopic (exact) mass is 243 g/mol. The summed E-state index contributed by atoms with van der Waals surface area (Å²) in [5.74, 6) is 1.89. The highest BCUT2D eigenvalue weighted by Gasteiger charge is 2.22. The van der Waals surface area contributed by atoms with Crippen molar-refractivity contribution in [2.75, 3.05) is 6.54 Å². The topological polar surface area (TPSA) is 40.7 Å². The summed E-state index contributed by atoms with van der Waals surface area (Å²) in [4.78, 5) is 8.22. The van der Waals surface area contributed by atoms with Gasteiger partial charge in [0.05, 0.1) is 17.1 Å². The molecule has 1 saturated heterocycles. The molecule has 0 saturated carbocycles. The third kappa shape index (κ3) is 2.15. The van der Waals surface area contributed by atoms with Gasteiger partial charge in [-0.25, -0.2) is 4.98 Å². The third-order valence-electron chi connectivity index (χ3n) is 3.97. The molecule has 0 bridgehead atoms. The molecule has 2 N–H and O–H groups in total. The second kappa shape index (κ2) is 4.73. The Morgan fingerprint density at radius 3 is 3.06 bits per heavy atom. The van der Waals surface area contributed by atoms with Crippen LogP contribution in [0.3, 0.4) is 0 Å². The molecule has 1 aliphatic rings. The highest BCUT2D eigenvalue weighted by molar-refractivity contribution is 5.76. The molecule has 0 amide bonds. The quantitative estimate of drug-likeness (QED) is 0.850. The molecule has 1 aromatic heterocycles. The number of aromatic amines is 1. The lowest BCUT2D eigenvalue weighted by molar-refractivity contribution is 0.317. The lowest BCUT2D eigenvalue weighted by Crippen LogP contribution is -2.31. The first kappa shape index (κ1) is 11.7.